The van der Waals surface area contributed by atoms with E-state index in [4.69, 9.17) is 4.74 Å². The molecule has 2 aromatic rings. The van der Waals surface area contributed by atoms with Crippen LogP contribution in [0.5, 0.6) is 5.75 Å². The lowest BCUT2D eigenvalue weighted by Crippen LogP contribution is -2.30. The molecule has 0 aliphatic carbocycles. The molecular weight excluding hydrogens is 300 g/mol. The highest BCUT2D eigenvalue weighted by Crippen LogP contribution is 2.16. The lowest BCUT2D eigenvalue weighted by Gasteiger charge is -2.11. The summed E-state index contributed by atoms with van der Waals surface area (Å²) in [7, 11) is 0. The number of hydrogen-bond donors (Lipinski definition) is 2. The molecule has 0 saturated carbocycles. The number of carbonyl (C=O) groups excluding carboxylic acids is 1. The summed E-state index contributed by atoms with van der Waals surface area (Å²) in [5, 5.41) is 6.05. The lowest BCUT2D eigenvalue weighted by molar-refractivity contribution is -0.119. The van der Waals surface area contributed by atoms with Crippen LogP contribution in [-0.4, -0.2) is 25.1 Å². The van der Waals surface area contributed by atoms with Crippen molar-refractivity contribution in [3.63, 3.8) is 0 Å². The number of rotatable bonds is 9. The monoisotopic (exact) mass is 326 g/mol. The summed E-state index contributed by atoms with van der Waals surface area (Å²) in [5.74, 6) is 0.839. The number of nitrogens with one attached hydrogen (secondary N) is 2. The number of benzene rings is 2. The minimum Gasteiger partial charge on any atom is -0.491 e. The van der Waals surface area contributed by atoms with E-state index in [0.29, 0.717) is 6.54 Å². The van der Waals surface area contributed by atoms with Crippen LogP contribution in [-0.2, 0) is 11.2 Å². The molecule has 0 spiro atoms. The Kier molecular flexibility index (Phi) is 7.15. The molecule has 0 aliphatic rings. The molecule has 0 bridgehead atoms. The van der Waals surface area contributed by atoms with E-state index in [2.05, 4.69) is 22.8 Å². The number of aryl methyl sites for hydroxylation is 1. The van der Waals surface area contributed by atoms with Crippen LogP contribution in [0.15, 0.2) is 54.6 Å². The number of amides is 1. The van der Waals surface area contributed by atoms with Gasteiger partial charge in [0, 0.05) is 12.2 Å². The molecule has 0 atom stereocenters. The first-order valence-corrected chi connectivity index (χ1v) is 8.44. The molecular formula is C20H26N2O2. The molecule has 4 nitrogen and oxygen atoms in total. The van der Waals surface area contributed by atoms with Gasteiger partial charge in [-0.2, -0.15) is 0 Å². The van der Waals surface area contributed by atoms with Crippen molar-refractivity contribution in [3.8, 4) is 5.75 Å². The van der Waals surface area contributed by atoms with Crippen LogP contribution >= 0.6 is 0 Å². The number of ether oxygens (including phenoxy) is 1. The predicted octanol–water partition coefficient (Wildman–Crippen LogP) is 3.63. The third-order valence-corrected chi connectivity index (χ3v) is 3.49. The Morgan fingerprint density at radius 2 is 1.75 bits per heavy atom. The molecule has 24 heavy (non-hydrogen) atoms. The van der Waals surface area contributed by atoms with E-state index in [1.807, 2.05) is 56.3 Å². The van der Waals surface area contributed by atoms with Gasteiger partial charge >= 0.3 is 0 Å². The third-order valence-electron chi connectivity index (χ3n) is 3.49. The Balaban J connectivity index is 1.62. The van der Waals surface area contributed by atoms with E-state index < -0.39 is 0 Å². The zero-order valence-corrected chi connectivity index (χ0v) is 14.4. The molecule has 0 fully saturated rings. The second-order valence-corrected chi connectivity index (χ2v) is 5.98. The van der Waals surface area contributed by atoms with Crippen molar-refractivity contribution in [2.24, 2.45) is 0 Å². The molecule has 0 radical (unpaired) electrons. The van der Waals surface area contributed by atoms with Crippen LogP contribution in [0.1, 0.15) is 25.8 Å². The van der Waals surface area contributed by atoms with Crippen LogP contribution in [0, 0.1) is 0 Å². The highest BCUT2D eigenvalue weighted by molar-refractivity contribution is 5.80. The molecule has 0 aromatic heterocycles. The summed E-state index contributed by atoms with van der Waals surface area (Å²) in [6.45, 7) is 4.95. The fourth-order valence-electron chi connectivity index (χ4n) is 2.33. The zero-order chi connectivity index (χ0) is 17.2. The van der Waals surface area contributed by atoms with Gasteiger partial charge in [0.05, 0.1) is 12.6 Å². The van der Waals surface area contributed by atoms with E-state index in [-0.39, 0.29) is 18.6 Å². The van der Waals surface area contributed by atoms with Crippen LogP contribution < -0.4 is 15.4 Å². The third kappa shape index (κ3) is 6.73. The fourth-order valence-corrected chi connectivity index (χ4v) is 2.33. The first-order valence-electron chi connectivity index (χ1n) is 8.44. The minimum atomic E-state index is 0.00516. The van der Waals surface area contributed by atoms with Crippen LogP contribution in [0.3, 0.4) is 0 Å². The van der Waals surface area contributed by atoms with Crippen molar-refractivity contribution in [2.45, 2.75) is 32.8 Å². The number of hydrogen-bond acceptors (Lipinski definition) is 3. The molecule has 128 valence electrons. The maximum absolute atomic E-state index is 11.8. The van der Waals surface area contributed by atoms with Gasteiger partial charge in [0.2, 0.25) is 5.91 Å². The van der Waals surface area contributed by atoms with Crippen molar-refractivity contribution in [1.29, 1.82) is 0 Å². The van der Waals surface area contributed by atoms with E-state index in [1.54, 1.807) is 0 Å². The van der Waals surface area contributed by atoms with Gasteiger partial charge in [0.1, 0.15) is 5.75 Å². The number of anilines is 1. The van der Waals surface area contributed by atoms with Gasteiger partial charge in [-0.05, 0) is 56.5 Å². The number of carbonyl (C=O) groups is 1. The van der Waals surface area contributed by atoms with Gasteiger partial charge in [-0.15, -0.1) is 0 Å². The molecule has 0 saturated heterocycles. The molecule has 0 unspecified atom stereocenters. The first kappa shape index (κ1) is 17.9. The Morgan fingerprint density at radius 1 is 1.04 bits per heavy atom. The summed E-state index contributed by atoms with van der Waals surface area (Å²) in [5.41, 5.74) is 2.21. The maximum atomic E-state index is 11.8. The van der Waals surface area contributed by atoms with Gasteiger partial charge in [-0.1, -0.05) is 30.3 Å². The van der Waals surface area contributed by atoms with E-state index in [0.717, 1.165) is 24.3 Å². The quantitative estimate of drug-likeness (QED) is 0.692. The Bertz CT molecular complexity index is 609. The van der Waals surface area contributed by atoms with Crippen molar-refractivity contribution in [1.82, 2.24) is 5.32 Å². The summed E-state index contributed by atoms with van der Waals surface area (Å²) < 4.78 is 5.59. The van der Waals surface area contributed by atoms with Crippen molar-refractivity contribution >= 4 is 11.6 Å². The Labute approximate surface area is 144 Å². The van der Waals surface area contributed by atoms with Gasteiger partial charge in [0.15, 0.2) is 0 Å². The fraction of sp³-hybridized carbons (Fsp3) is 0.350. The van der Waals surface area contributed by atoms with E-state index >= 15 is 0 Å². The molecule has 2 rings (SSSR count). The highest BCUT2D eigenvalue weighted by atomic mass is 16.5. The molecule has 2 N–H and O–H groups in total. The van der Waals surface area contributed by atoms with Crippen LogP contribution in [0.4, 0.5) is 5.69 Å². The van der Waals surface area contributed by atoms with Gasteiger partial charge < -0.3 is 15.4 Å². The Morgan fingerprint density at radius 3 is 2.42 bits per heavy atom. The minimum absolute atomic E-state index is 0.00516. The average Bonchev–Trinajstić information content (AvgIpc) is 2.58. The molecule has 0 aliphatic heterocycles. The van der Waals surface area contributed by atoms with Crippen LogP contribution in [0.2, 0.25) is 0 Å². The molecule has 0 heterocycles. The summed E-state index contributed by atoms with van der Waals surface area (Å²) in [4.78, 5) is 11.8. The van der Waals surface area contributed by atoms with Crippen LogP contribution in [0.25, 0.3) is 0 Å². The standard InChI is InChI=1S/C20H26N2O2/c1-16(2)24-19-12-10-18(11-13-19)22-15-20(23)21-14-6-9-17-7-4-3-5-8-17/h3-5,7-8,10-13,16,22H,6,9,14-15H2,1-2H3,(H,21,23). The largest absolute Gasteiger partial charge is 0.491 e. The smallest absolute Gasteiger partial charge is 0.239 e. The van der Waals surface area contributed by atoms with E-state index in [9.17, 15) is 4.79 Å². The second-order valence-electron chi connectivity index (χ2n) is 5.98. The normalized spacial score (nSPS) is 10.5. The summed E-state index contributed by atoms with van der Waals surface area (Å²) in [6, 6.07) is 17.9. The lowest BCUT2D eigenvalue weighted by atomic mass is 10.1. The highest BCUT2D eigenvalue weighted by Gasteiger charge is 2.02. The molecule has 2 aromatic carbocycles. The maximum Gasteiger partial charge on any atom is 0.239 e. The zero-order valence-electron chi connectivity index (χ0n) is 14.4. The Hall–Kier alpha value is -2.49. The van der Waals surface area contributed by atoms with Gasteiger partial charge in [0.25, 0.3) is 0 Å². The summed E-state index contributed by atoms with van der Waals surface area (Å²) >= 11 is 0. The second kappa shape index (κ2) is 9.60. The average molecular weight is 326 g/mol. The molecule has 1 amide bonds. The van der Waals surface area contributed by atoms with Crippen molar-refractivity contribution in [2.75, 3.05) is 18.4 Å². The van der Waals surface area contributed by atoms with Crippen molar-refractivity contribution < 1.29 is 9.53 Å². The molecule has 4 heteroatoms. The topological polar surface area (TPSA) is 50.4 Å². The SMILES string of the molecule is CC(C)Oc1ccc(NCC(=O)NCCCc2ccccc2)cc1. The van der Waals surface area contributed by atoms with Gasteiger partial charge in [-0.25, -0.2) is 0 Å². The summed E-state index contributed by atoms with van der Waals surface area (Å²) in [6.07, 6.45) is 2.08. The van der Waals surface area contributed by atoms with Crippen molar-refractivity contribution in [3.05, 3.63) is 60.2 Å². The predicted molar refractivity (Wildman–Crippen MR) is 98.5 cm³/mol. The van der Waals surface area contributed by atoms with E-state index in [1.165, 1.54) is 5.56 Å². The first-order chi connectivity index (χ1) is 11.6. The van der Waals surface area contributed by atoms with Gasteiger partial charge in [-0.3, -0.25) is 4.79 Å².